The summed E-state index contributed by atoms with van der Waals surface area (Å²) in [4.78, 5) is 8.90. The second-order valence-corrected chi connectivity index (χ2v) is 6.00. The number of aryl methyl sites for hydroxylation is 1. The molecule has 1 aliphatic rings. The lowest BCUT2D eigenvalue weighted by atomic mass is 9.78. The number of hydrogen-bond donors (Lipinski definition) is 3. The number of nitrogens with zero attached hydrogens (tertiary/aromatic N) is 2. The third kappa shape index (κ3) is 3.60. The van der Waals surface area contributed by atoms with Crippen molar-refractivity contribution in [1.29, 1.82) is 0 Å². The lowest BCUT2D eigenvalue weighted by Gasteiger charge is -2.35. The van der Waals surface area contributed by atoms with Crippen LogP contribution in [-0.2, 0) is 6.42 Å². The zero-order chi connectivity index (χ0) is 14.5. The number of nitrogen functional groups attached to an aromatic ring is 1. The molecular formula is C15H27N5. The lowest BCUT2D eigenvalue weighted by molar-refractivity contribution is 0.253. The molecular weight excluding hydrogens is 250 g/mol. The third-order valence-electron chi connectivity index (χ3n) is 4.25. The summed E-state index contributed by atoms with van der Waals surface area (Å²) in [6.45, 7) is 6.68. The van der Waals surface area contributed by atoms with E-state index in [1.54, 1.807) is 0 Å². The molecule has 4 N–H and O–H groups in total. The first kappa shape index (κ1) is 15.0. The minimum Gasteiger partial charge on any atom is -0.367 e. The summed E-state index contributed by atoms with van der Waals surface area (Å²) >= 11 is 0. The first-order valence-corrected chi connectivity index (χ1v) is 7.75. The molecule has 0 bridgehead atoms. The van der Waals surface area contributed by atoms with Crippen molar-refractivity contribution in [2.24, 2.45) is 17.7 Å². The molecule has 0 amide bonds. The van der Waals surface area contributed by atoms with Gasteiger partial charge in [-0.05, 0) is 24.7 Å². The number of nitrogens with one attached hydrogen (secondary N) is 2. The Balaban J connectivity index is 2.15. The molecule has 2 rings (SSSR count). The molecule has 0 spiro atoms. The van der Waals surface area contributed by atoms with E-state index in [1.807, 2.05) is 6.07 Å². The van der Waals surface area contributed by atoms with Crippen molar-refractivity contribution in [3.63, 3.8) is 0 Å². The van der Waals surface area contributed by atoms with Gasteiger partial charge in [0.15, 0.2) is 0 Å². The normalized spacial score (nSPS) is 22.9. The number of rotatable bonds is 5. The van der Waals surface area contributed by atoms with Gasteiger partial charge < -0.3 is 10.7 Å². The highest BCUT2D eigenvalue weighted by atomic mass is 15.3. The molecule has 1 aromatic heterocycles. The molecule has 1 saturated carbocycles. The molecule has 0 radical (unpaired) electrons. The van der Waals surface area contributed by atoms with Gasteiger partial charge in [0.2, 0.25) is 0 Å². The Labute approximate surface area is 121 Å². The standard InChI is InChI=1S/C15H27N5/c1-4-13-18-14(9-15(19-13)20-16)17-12-8-6-5-7-11(12)10(2)3/h9-12H,4-8,16H2,1-3H3,(H2,17,18,19,20). The number of hydrazine groups is 1. The predicted molar refractivity (Wildman–Crippen MR) is 83.4 cm³/mol. The summed E-state index contributed by atoms with van der Waals surface area (Å²) in [5.74, 6) is 9.29. The van der Waals surface area contributed by atoms with Gasteiger partial charge in [-0.15, -0.1) is 0 Å². The molecule has 20 heavy (non-hydrogen) atoms. The van der Waals surface area contributed by atoms with Crippen LogP contribution >= 0.6 is 0 Å². The summed E-state index contributed by atoms with van der Waals surface area (Å²) < 4.78 is 0. The fraction of sp³-hybridized carbons (Fsp3) is 0.733. The minimum atomic E-state index is 0.508. The van der Waals surface area contributed by atoms with Crippen LogP contribution in [-0.4, -0.2) is 16.0 Å². The fourth-order valence-electron chi connectivity index (χ4n) is 3.13. The van der Waals surface area contributed by atoms with Gasteiger partial charge in [-0.3, -0.25) is 0 Å². The van der Waals surface area contributed by atoms with Gasteiger partial charge in [0, 0.05) is 18.5 Å². The van der Waals surface area contributed by atoms with Crippen LogP contribution in [0.4, 0.5) is 11.6 Å². The molecule has 5 nitrogen and oxygen atoms in total. The molecule has 1 aliphatic carbocycles. The Kier molecular flexibility index (Phi) is 5.17. The van der Waals surface area contributed by atoms with E-state index in [0.717, 1.165) is 24.0 Å². The maximum Gasteiger partial charge on any atom is 0.145 e. The molecule has 0 saturated heterocycles. The quantitative estimate of drug-likeness (QED) is 0.570. The molecule has 2 atom stereocenters. The first-order valence-electron chi connectivity index (χ1n) is 7.75. The number of nitrogens with two attached hydrogens (primary N) is 1. The molecule has 0 aromatic carbocycles. The Bertz CT molecular complexity index is 410. The monoisotopic (exact) mass is 277 g/mol. The molecule has 5 heteroatoms. The van der Waals surface area contributed by atoms with Crippen LogP contribution in [0.15, 0.2) is 6.07 Å². The van der Waals surface area contributed by atoms with Gasteiger partial charge in [0.25, 0.3) is 0 Å². The van der Waals surface area contributed by atoms with Crippen LogP contribution in [0.1, 0.15) is 52.3 Å². The van der Waals surface area contributed by atoms with Crippen molar-refractivity contribution >= 4 is 11.6 Å². The maximum atomic E-state index is 5.48. The van der Waals surface area contributed by atoms with Crippen molar-refractivity contribution in [3.05, 3.63) is 11.9 Å². The summed E-state index contributed by atoms with van der Waals surface area (Å²) in [5.41, 5.74) is 2.62. The molecule has 2 unspecified atom stereocenters. The Morgan fingerprint density at radius 3 is 2.60 bits per heavy atom. The molecule has 1 fully saturated rings. The average molecular weight is 277 g/mol. The largest absolute Gasteiger partial charge is 0.367 e. The van der Waals surface area contributed by atoms with E-state index in [-0.39, 0.29) is 0 Å². The third-order valence-corrected chi connectivity index (χ3v) is 4.25. The van der Waals surface area contributed by atoms with Gasteiger partial charge in [-0.2, -0.15) is 0 Å². The smallest absolute Gasteiger partial charge is 0.145 e. The van der Waals surface area contributed by atoms with Gasteiger partial charge >= 0.3 is 0 Å². The number of hydrogen-bond acceptors (Lipinski definition) is 5. The summed E-state index contributed by atoms with van der Waals surface area (Å²) in [7, 11) is 0. The fourth-order valence-corrected chi connectivity index (χ4v) is 3.13. The number of aromatic nitrogens is 2. The lowest BCUT2D eigenvalue weighted by Crippen LogP contribution is -2.35. The average Bonchev–Trinajstić information content (AvgIpc) is 2.47. The number of anilines is 2. The highest BCUT2D eigenvalue weighted by molar-refractivity contribution is 5.47. The Morgan fingerprint density at radius 2 is 1.95 bits per heavy atom. The van der Waals surface area contributed by atoms with Crippen LogP contribution in [0, 0.1) is 11.8 Å². The highest BCUT2D eigenvalue weighted by Gasteiger charge is 2.27. The SMILES string of the molecule is CCc1nc(NN)cc(NC2CCCCC2C(C)C)n1. The maximum absolute atomic E-state index is 5.48. The summed E-state index contributed by atoms with van der Waals surface area (Å²) in [6, 6.07) is 2.40. The van der Waals surface area contributed by atoms with Crippen molar-refractivity contribution in [2.45, 2.75) is 58.9 Å². The topological polar surface area (TPSA) is 75.9 Å². The van der Waals surface area contributed by atoms with E-state index in [2.05, 4.69) is 41.5 Å². The van der Waals surface area contributed by atoms with Crippen molar-refractivity contribution in [2.75, 3.05) is 10.7 Å². The van der Waals surface area contributed by atoms with Crippen LogP contribution in [0.3, 0.4) is 0 Å². The van der Waals surface area contributed by atoms with Crippen LogP contribution < -0.4 is 16.6 Å². The first-order chi connectivity index (χ1) is 9.63. The summed E-state index contributed by atoms with van der Waals surface area (Å²) in [5, 5.41) is 3.62. The molecule has 112 valence electrons. The Hall–Kier alpha value is -1.36. The van der Waals surface area contributed by atoms with Crippen molar-refractivity contribution < 1.29 is 0 Å². The molecule has 0 aliphatic heterocycles. The van der Waals surface area contributed by atoms with Crippen LogP contribution in [0.5, 0.6) is 0 Å². The van der Waals surface area contributed by atoms with E-state index in [0.29, 0.717) is 17.8 Å². The Morgan fingerprint density at radius 1 is 1.25 bits per heavy atom. The van der Waals surface area contributed by atoms with Gasteiger partial charge in [-0.25, -0.2) is 15.8 Å². The minimum absolute atomic E-state index is 0.508. The predicted octanol–water partition coefficient (Wildman–Crippen LogP) is 2.95. The van der Waals surface area contributed by atoms with E-state index < -0.39 is 0 Å². The second kappa shape index (κ2) is 6.88. The van der Waals surface area contributed by atoms with Crippen LogP contribution in [0.25, 0.3) is 0 Å². The molecule has 1 aromatic rings. The van der Waals surface area contributed by atoms with Gasteiger partial charge in [0.05, 0.1) is 0 Å². The van der Waals surface area contributed by atoms with Gasteiger partial charge in [-0.1, -0.05) is 33.6 Å². The van der Waals surface area contributed by atoms with E-state index in [1.165, 1.54) is 25.7 Å². The zero-order valence-electron chi connectivity index (χ0n) is 12.8. The van der Waals surface area contributed by atoms with Gasteiger partial charge in [0.1, 0.15) is 17.5 Å². The summed E-state index contributed by atoms with van der Waals surface area (Å²) in [6.07, 6.45) is 5.99. The zero-order valence-corrected chi connectivity index (χ0v) is 12.8. The molecule has 1 heterocycles. The van der Waals surface area contributed by atoms with E-state index in [4.69, 9.17) is 5.84 Å². The van der Waals surface area contributed by atoms with E-state index in [9.17, 15) is 0 Å². The van der Waals surface area contributed by atoms with Crippen molar-refractivity contribution in [3.8, 4) is 0 Å². The second-order valence-electron chi connectivity index (χ2n) is 6.00. The highest BCUT2D eigenvalue weighted by Crippen LogP contribution is 2.32. The van der Waals surface area contributed by atoms with Crippen LogP contribution in [0.2, 0.25) is 0 Å². The van der Waals surface area contributed by atoms with Crippen molar-refractivity contribution in [1.82, 2.24) is 9.97 Å². The van der Waals surface area contributed by atoms with E-state index >= 15 is 0 Å².